The molecule has 1 aliphatic carbocycles. The van der Waals surface area contributed by atoms with Crippen LogP contribution in [-0.4, -0.2) is 75.9 Å². The van der Waals surface area contributed by atoms with Gasteiger partial charge in [-0.15, -0.1) is 13.2 Å². The quantitative estimate of drug-likeness (QED) is 0.0751. The van der Waals surface area contributed by atoms with Crippen molar-refractivity contribution in [1.29, 1.82) is 0 Å². The smallest absolute Gasteiger partial charge is 0.407 e. The first kappa shape index (κ1) is 33.5. The van der Waals surface area contributed by atoms with Crippen LogP contribution in [0, 0.1) is 11.3 Å². The molecule has 6 nitrogen and oxygen atoms in total. The summed E-state index contributed by atoms with van der Waals surface area (Å²) in [6.45, 7) is 17.1. The number of alkyl halides is 3. The number of rotatable bonds is 12. The topological polar surface area (TPSA) is 59.1 Å². The number of halogens is 3. The van der Waals surface area contributed by atoms with E-state index in [1.807, 2.05) is 12.2 Å². The zero-order valence-electron chi connectivity index (χ0n) is 25.5. The Morgan fingerprint density at radius 1 is 1.12 bits per heavy atom. The fourth-order valence-corrected chi connectivity index (χ4v) is 9.96. The lowest BCUT2D eigenvalue weighted by molar-refractivity contribution is -0.0993. The molecular weight excluding hydrogens is 581 g/mol. The standard InChI is InChI=1S/C31H49F3N2O4SSi/c1-6-8-10-14-19-35-21-17-26-27(39-41(37,38)31(32,33)34)23-30(18-9-7-2,40-42(3,4)5)28-29(26,24-35)22-25-16-13-11-12-15-20-36(25)28/h6-7,13,16,23,25-26,28H,1-2,8-12,14-15,17-22,24H2,3-5H3/b16-13-/t25-,26-,28+,29-,30-/m0/s1. The zero-order valence-corrected chi connectivity index (χ0v) is 27.3. The monoisotopic (exact) mass is 630 g/mol. The molecule has 0 unspecified atom stereocenters. The van der Waals surface area contributed by atoms with Crippen molar-refractivity contribution in [1.82, 2.24) is 9.80 Å². The highest BCUT2D eigenvalue weighted by Crippen LogP contribution is 2.61. The molecule has 238 valence electrons. The van der Waals surface area contributed by atoms with E-state index in [9.17, 15) is 21.6 Å². The van der Waals surface area contributed by atoms with Crippen LogP contribution in [0.5, 0.6) is 0 Å². The van der Waals surface area contributed by atoms with Gasteiger partial charge in [0.2, 0.25) is 0 Å². The van der Waals surface area contributed by atoms with Crippen molar-refractivity contribution >= 4 is 18.4 Å². The van der Waals surface area contributed by atoms with Gasteiger partial charge in [0.05, 0.1) is 5.60 Å². The van der Waals surface area contributed by atoms with Crippen molar-refractivity contribution in [2.45, 2.75) is 107 Å². The fourth-order valence-electron chi connectivity index (χ4n) is 8.04. The summed E-state index contributed by atoms with van der Waals surface area (Å²) < 4.78 is 78.5. The molecule has 0 radical (unpaired) electrons. The molecule has 11 heteroatoms. The van der Waals surface area contributed by atoms with Gasteiger partial charge in [0.25, 0.3) is 0 Å². The molecule has 42 heavy (non-hydrogen) atoms. The van der Waals surface area contributed by atoms with E-state index in [-0.39, 0.29) is 17.8 Å². The minimum Gasteiger partial charge on any atom is -0.407 e. The van der Waals surface area contributed by atoms with Crippen LogP contribution >= 0.6 is 0 Å². The number of hydrogen-bond acceptors (Lipinski definition) is 6. The van der Waals surface area contributed by atoms with Gasteiger partial charge in [-0.05, 0) is 110 Å². The Morgan fingerprint density at radius 2 is 1.86 bits per heavy atom. The summed E-state index contributed by atoms with van der Waals surface area (Å²) in [4.78, 5) is 4.98. The second-order valence-corrected chi connectivity index (χ2v) is 19.5. The third kappa shape index (κ3) is 6.95. The SMILES string of the molecule is C=CCCCCN1CC[C@H]2C(OS(=O)(=O)C(F)(F)F)=C[C@](CCC=C)(O[Si](C)(C)C)[C@@H]3N4CCCC/C=C\[C@H]4C[C@@]32C1. The molecule has 3 heterocycles. The van der Waals surface area contributed by atoms with Crippen LogP contribution in [-0.2, 0) is 18.7 Å². The van der Waals surface area contributed by atoms with E-state index in [1.54, 1.807) is 6.08 Å². The molecule has 0 aromatic heterocycles. The second-order valence-electron chi connectivity index (χ2n) is 13.5. The molecule has 0 N–H and O–H groups in total. The van der Waals surface area contributed by atoms with Crippen LogP contribution in [0.25, 0.3) is 0 Å². The molecule has 0 bridgehead atoms. The van der Waals surface area contributed by atoms with Crippen LogP contribution in [0.2, 0.25) is 19.6 Å². The highest BCUT2D eigenvalue weighted by atomic mass is 32.2. The predicted molar refractivity (Wildman–Crippen MR) is 164 cm³/mol. The molecule has 5 atom stereocenters. The van der Waals surface area contributed by atoms with Crippen molar-refractivity contribution < 1.29 is 30.2 Å². The molecule has 4 rings (SSSR count). The van der Waals surface area contributed by atoms with Gasteiger partial charge in [0.1, 0.15) is 5.76 Å². The molecular formula is C31H49F3N2O4SSi. The number of hydrogen-bond donors (Lipinski definition) is 0. The van der Waals surface area contributed by atoms with Gasteiger partial charge in [-0.3, -0.25) is 4.90 Å². The molecule has 1 spiro atoms. The first-order chi connectivity index (χ1) is 19.7. The Kier molecular flexibility index (Phi) is 10.3. The Labute approximate surface area is 251 Å². The maximum Gasteiger partial charge on any atom is 0.534 e. The average Bonchev–Trinajstić information content (AvgIpc) is 3.16. The van der Waals surface area contributed by atoms with Crippen molar-refractivity contribution in [3.8, 4) is 0 Å². The number of unbranched alkanes of at least 4 members (excludes halogenated alkanes) is 2. The van der Waals surface area contributed by atoms with Gasteiger partial charge in [0, 0.05) is 30.0 Å². The van der Waals surface area contributed by atoms with Crippen LogP contribution in [0.1, 0.15) is 64.2 Å². The Balaban J connectivity index is 1.90. The van der Waals surface area contributed by atoms with E-state index in [4.69, 9.17) is 8.61 Å². The van der Waals surface area contributed by atoms with Gasteiger partial charge in [-0.25, -0.2) is 0 Å². The minimum atomic E-state index is -5.85. The summed E-state index contributed by atoms with van der Waals surface area (Å²) in [6.07, 6.45) is 18.3. The molecule has 2 fully saturated rings. The summed E-state index contributed by atoms with van der Waals surface area (Å²) in [6, 6.07) is -0.0369. The average molecular weight is 631 g/mol. The lowest BCUT2D eigenvalue weighted by Crippen LogP contribution is -2.68. The summed E-state index contributed by atoms with van der Waals surface area (Å²) >= 11 is 0. The highest BCUT2D eigenvalue weighted by molar-refractivity contribution is 7.87. The minimum absolute atomic E-state index is 0.0864. The zero-order chi connectivity index (χ0) is 30.8. The van der Waals surface area contributed by atoms with E-state index < -0.39 is 40.9 Å². The Morgan fingerprint density at radius 3 is 2.52 bits per heavy atom. The highest BCUT2D eigenvalue weighted by Gasteiger charge is 2.68. The molecule has 4 aliphatic rings. The first-order valence-corrected chi connectivity index (χ1v) is 20.3. The molecule has 0 saturated carbocycles. The lowest BCUT2D eigenvalue weighted by Gasteiger charge is -2.59. The van der Waals surface area contributed by atoms with E-state index in [0.29, 0.717) is 32.4 Å². The summed E-state index contributed by atoms with van der Waals surface area (Å²) in [5.41, 5.74) is -7.07. The number of likely N-dealkylation sites (tertiary alicyclic amines) is 1. The Bertz CT molecular complexity index is 1150. The third-order valence-electron chi connectivity index (χ3n) is 9.28. The second kappa shape index (κ2) is 12.9. The normalized spacial score (nSPS) is 33.4. The summed E-state index contributed by atoms with van der Waals surface area (Å²) in [5.74, 6) is -0.551. The predicted octanol–water partition coefficient (Wildman–Crippen LogP) is 7.15. The number of allylic oxidation sites excluding steroid dienone is 4. The molecule has 0 aromatic carbocycles. The van der Waals surface area contributed by atoms with Crippen LogP contribution in [0.15, 0.2) is 49.3 Å². The van der Waals surface area contributed by atoms with Crippen LogP contribution < -0.4 is 0 Å². The maximum absolute atomic E-state index is 13.7. The molecule has 2 saturated heterocycles. The van der Waals surface area contributed by atoms with Crippen molar-refractivity contribution in [3.05, 3.63) is 49.3 Å². The largest absolute Gasteiger partial charge is 0.534 e. The first-order valence-electron chi connectivity index (χ1n) is 15.5. The van der Waals surface area contributed by atoms with Crippen molar-refractivity contribution in [2.75, 3.05) is 26.2 Å². The van der Waals surface area contributed by atoms with Gasteiger partial charge in [0.15, 0.2) is 8.32 Å². The van der Waals surface area contributed by atoms with Crippen molar-refractivity contribution in [3.63, 3.8) is 0 Å². The Hall–Kier alpha value is -1.40. The summed E-state index contributed by atoms with van der Waals surface area (Å²) in [5, 5.41) is 0. The van der Waals surface area contributed by atoms with Gasteiger partial charge in [-0.1, -0.05) is 24.3 Å². The van der Waals surface area contributed by atoms with Crippen LogP contribution in [0.4, 0.5) is 13.2 Å². The fraction of sp³-hybridized carbons (Fsp3) is 0.742. The third-order valence-corrected chi connectivity index (χ3v) is 11.3. The molecule has 0 amide bonds. The molecule has 3 aliphatic heterocycles. The molecule has 0 aromatic rings. The summed E-state index contributed by atoms with van der Waals surface area (Å²) in [7, 11) is -8.16. The van der Waals surface area contributed by atoms with E-state index in [2.05, 4.69) is 54.8 Å². The van der Waals surface area contributed by atoms with Gasteiger partial charge >= 0.3 is 15.6 Å². The number of fused-ring (bicyclic) bond motifs is 2. The maximum atomic E-state index is 13.7. The van der Waals surface area contributed by atoms with Gasteiger partial charge < -0.3 is 13.5 Å². The van der Waals surface area contributed by atoms with Gasteiger partial charge in [-0.2, -0.15) is 21.6 Å². The van der Waals surface area contributed by atoms with Crippen molar-refractivity contribution in [2.24, 2.45) is 11.3 Å². The number of nitrogens with zero attached hydrogens (tertiary/aromatic N) is 2. The number of piperidine rings is 1. The lowest BCUT2D eigenvalue weighted by atomic mass is 9.57. The van der Waals surface area contributed by atoms with Crippen LogP contribution in [0.3, 0.4) is 0 Å². The van der Waals surface area contributed by atoms with E-state index in [1.165, 1.54) is 0 Å². The van der Waals surface area contributed by atoms with E-state index in [0.717, 1.165) is 58.0 Å². The van der Waals surface area contributed by atoms with E-state index >= 15 is 0 Å².